The van der Waals surface area contributed by atoms with Gasteiger partial charge in [-0.15, -0.1) is 11.3 Å². The number of hydrogen-bond donors (Lipinski definition) is 0. The first kappa shape index (κ1) is 17.7. The minimum absolute atomic E-state index is 0.0342. The third kappa shape index (κ3) is 5.20. The smallest absolute Gasteiger partial charge is 0.331 e. The molecular weight excluding hydrogens is 330 g/mol. The zero-order chi connectivity index (χ0) is 17.4. The van der Waals surface area contributed by atoms with Gasteiger partial charge in [-0.3, -0.25) is 0 Å². The first-order chi connectivity index (χ1) is 11.6. The fraction of sp³-hybridized carbons (Fsp3) is 0.235. The Hall–Kier alpha value is -2.67. The number of aromatic nitrogens is 1. The number of benzene rings is 1. The minimum Gasteiger partial charge on any atom is -0.497 e. The number of esters is 2. The number of ether oxygens (including phenoxy) is 3. The summed E-state index contributed by atoms with van der Waals surface area (Å²) in [5.74, 6) is -0.456. The fourth-order valence-corrected chi connectivity index (χ4v) is 2.58. The SMILES string of the molecule is CCOC(=O)/C=C/C(=O)OCc1csc(-c2cccc(OC)c2)n1. The summed E-state index contributed by atoms with van der Waals surface area (Å²) in [6, 6.07) is 7.56. The van der Waals surface area contributed by atoms with E-state index in [0.29, 0.717) is 5.69 Å². The third-order valence-corrected chi connectivity index (χ3v) is 3.81. The highest BCUT2D eigenvalue weighted by molar-refractivity contribution is 7.13. The van der Waals surface area contributed by atoms with Crippen molar-refractivity contribution in [2.45, 2.75) is 13.5 Å². The van der Waals surface area contributed by atoms with Gasteiger partial charge < -0.3 is 14.2 Å². The second-order valence-electron chi connectivity index (χ2n) is 4.57. The van der Waals surface area contributed by atoms with Crippen LogP contribution >= 0.6 is 11.3 Å². The molecule has 6 nitrogen and oxygen atoms in total. The number of carbonyl (C=O) groups excluding carboxylic acids is 2. The molecule has 0 saturated carbocycles. The standard InChI is InChI=1S/C17H17NO5S/c1-3-22-15(19)7-8-16(20)23-10-13-11-24-17(18-13)12-5-4-6-14(9-12)21-2/h4-9,11H,3,10H2,1-2H3/b8-7+. The van der Waals surface area contributed by atoms with Gasteiger partial charge in [-0.1, -0.05) is 12.1 Å². The van der Waals surface area contributed by atoms with Gasteiger partial charge in [0, 0.05) is 23.1 Å². The first-order valence-corrected chi connectivity index (χ1v) is 8.10. The molecule has 0 aliphatic heterocycles. The molecule has 0 saturated heterocycles. The van der Waals surface area contributed by atoms with E-state index in [1.165, 1.54) is 11.3 Å². The number of rotatable bonds is 7. The Kier molecular flexibility index (Phi) is 6.51. The number of methoxy groups -OCH3 is 1. The van der Waals surface area contributed by atoms with Gasteiger partial charge in [-0.2, -0.15) is 0 Å². The summed E-state index contributed by atoms with van der Waals surface area (Å²) in [6.07, 6.45) is 2.07. The van der Waals surface area contributed by atoms with Gasteiger partial charge in [0.15, 0.2) is 0 Å². The van der Waals surface area contributed by atoms with Crippen molar-refractivity contribution in [1.29, 1.82) is 0 Å². The maximum absolute atomic E-state index is 11.5. The lowest BCUT2D eigenvalue weighted by Crippen LogP contribution is -2.04. The molecule has 2 aromatic rings. The summed E-state index contributed by atoms with van der Waals surface area (Å²) in [6.45, 7) is 1.97. The molecule has 1 aromatic heterocycles. The van der Waals surface area contributed by atoms with Crippen molar-refractivity contribution < 1.29 is 23.8 Å². The van der Waals surface area contributed by atoms with Gasteiger partial charge >= 0.3 is 11.9 Å². The minimum atomic E-state index is -0.626. The zero-order valence-corrected chi connectivity index (χ0v) is 14.2. The van der Waals surface area contributed by atoms with Crippen molar-refractivity contribution in [2.75, 3.05) is 13.7 Å². The van der Waals surface area contributed by atoms with Crippen LogP contribution in [0.1, 0.15) is 12.6 Å². The largest absolute Gasteiger partial charge is 0.497 e. The molecule has 126 valence electrons. The summed E-state index contributed by atoms with van der Waals surface area (Å²) in [5.41, 5.74) is 1.56. The average Bonchev–Trinajstić information content (AvgIpc) is 3.07. The maximum atomic E-state index is 11.5. The highest BCUT2D eigenvalue weighted by atomic mass is 32.1. The van der Waals surface area contributed by atoms with Crippen LogP contribution < -0.4 is 4.74 Å². The Morgan fingerprint density at radius 2 is 1.96 bits per heavy atom. The van der Waals surface area contributed by atoms with Crippen molar-refractivity contribution >= 4 is 23.3 Å². The van der Waals surface area contributed by atoms with Gasteiger partial charge in [-0.05, 0) is 19.1 Å². The van der Waals surface area contributed by atoms with E-state index >= 15 is 0 Å². The third-order valence-electron chi connectivity index (χ3n) is 2.87. The lowest BCUT2D eigenvalue weighted by molar-refractivity contribution is -0.141. The maximum Gasteiger partial charge on any atom is 0.331 e. The molecule has 0 aliphatic rings. The van der Waals surface area contributed by atoms with E-state index < -0.39 is 11.9 Å². The van der Waals surface area contributed by atoms with E-state index in [1.54, 1.807) is 14.0 Å². The van der Waals surface area contributed by atoms with Crippen LogP contribution in [0.15, 0.2) is 41.8 Å². The van der Waals surface area contributed by atoms with Crippen molar-refractivity contribution in [3.8, 4) is 16.3 Å². The Balaban J connectivity index is 1.92. The summed E-state index contributed by atoms with van der Waals surface area (Å²) < 4.78 is 14.9. The lowest BCUT2D eigenvalue weighted by Gasteiger charge is -2.01. The van der Waals surface area contributed by atoms with E-state index in [1.807, 2.05) is 29.6 Å². The molecular formula is C17H17NO5S. The van der Waals surface area contributed by atoms with E-state index in [9.17, 15) is 9.59 Å². The molecule has 1 heterocycles. The number of carbonyl (C=O) groups is 2. The molecule has 0 atom stereocenters. The van der Waals surface area contributed by atoms with Crippen LogP contribution in [0.4, 0.5) is 0 Å². The fourth-order valence-electron chi connectivity index (χ4n) is 1.78. The molecule has 0 N–H and O–H groups in total. The monoisotopic (exact) mass is 347 g/mol. The quantitative estimate of drug-likeness (QED) is 0.566. The van der Waals surface area contributed by atoms with E-state index in [0.717, 1.165) is 28.5 Å². The molecule has 7 heteroatoms. The average molecular weight is 347 g/mol. The molecule has 1 aromatic carbocycles. The molecule has 24 heavy (non-hydrogen) atoms. The van der Waals surface area contributed by atoms with E-state index in [4.69, 9.17) is 9.47 Å². The number of nitrogens with zero attached hydrogens (tertiary/aromatic N) is 1. The first-order valence-electron chi connectivity index (χ1n) is 7.22. The summed E-state index contributed by atoms with van der Waals surface area (Å²) in [7, 11) is 1.61. The Morgan fingerprint density at radius 3 is 2.67 bits per heavy atom. The lowest BCUT2D eigenvalue weighted by atomic mass is 10.2. The Bertz CT molecular complexity index is 738. The van der Waals surface area contributed by atoms with Crippen molar-refractivity contribution in [3.05, 3.63) is 47.5 Å². The van der Waals surface area contributed by atoms with Crippen LogP contribution in [0.25, 0.3) is 10.6 Å². The molecule has 0 fully saturated rings. The number of thiazole rings is 1. The van der Waals surface area contributed by atoms with Gasteiger partial charge in [0.25, 0.3) is 0 Å². The predicted molar refractivity (Wildman–Crippen MR) is 89.7 cm³/mol. The Morgan fingerprint density at radius 1 is 1.21 bits per heavy atom. The van der Waals surface area contributed by atoms with Crippen molar-refractivity contribution in [2.24, 2.45) is 0 Å². The van der Waals surface area contributed by atoms with Crippen molar-refractivity contribution in [3.63, 3.8) is 0 Å². The van der Waals surface area contributed by atoms with E-state index in [-0.39, 0.29) is 13.2 Å². The zero-order valence-electron chi connectivity index (χ0n) is 13.4. The summed E-state index contributed by atoms with van der Waals surface area (Å²) in [4.78, 5) is 27.0. The highest BCUT2D eigenvalue weighted by Crippen LogP contribution is 2.27. The van der Waals surface area contributed by atoms with Gasteiger partial charge in [0.05, 0.1) is 19.4 Å². The van der Waals surface area contributed by atoms with Crippen LogP contribution in [0.3, 0.4) is 0 Å². The molecule has 0 aliphatic carbocycles. The second kappa shape index (κ2) is 8.83. The molecule has 0 amide bonds. The second-order valence-corrected chi connectivity index (χ2v) is 5.43. The van der Waals surface area contributed by atoms with Gasteiger partial charge in [0.2, 0.25) is 0 Å². The van der Waals surface area contributed by atoms with Crippen LogP contribution in [0.2, 0.25) is 0 Å². The van der Waals surface area contributed by atoms with Gasteiger partial charge in [0.1, 0.15) is 17.4 Å². The summed E-state index contributed by atoms with van der Waals surface area (Å²) >= 11 is 1.45. The molecule has 0 radical (unpaired) electrons. The van der Waals surface area contributed by atoms with E-state index in [2.05, 4.69) is 9.72 Å². The van der Waals surface area contributed by atoms with Crippen LogP contribution in [0, 0.1) is 0 Å². The van der Waals surface area contributed by atoms with Crippen LogP contribution in [0.5, 0.6) is 5.75 Å². The highest BCUT2D eigenvalue weighted by Gasteiger charge is 2.08. The Labute approximate surface area is 143 Å². The molecule has 2 rings (SSSR count). The molecule has 0 unspecified atom stereocenters. The van der Waals surface area contributed by atoms with Crippen LogP contribution in [-0.2, 0) is 25.7 Å². The number of hydrogen-bond acceptors (Lipinski definition) is 7. The topological polar surface area (TPSA) is 74.7 Å². The summed E-state index contributed by atoms with van der Waals surface area (Å²) in [5, 5.41) is 2.62. The molecule has 0 bridgehead atoms. The van der Waals surface area contributed by atoms with Crippen LogP contribution in [-0.4, -0.2) is 30.6 Å². The predicted octanol–water partition coefficient (Wildman–Crippen LogP) is 2.98. The normalized spacial score (nSPS) is 10.6. The van der Waals surface area contributed by atoms with Gasteiger partial charge in [-0.25, -0.2) is 14.6 Å². The van der Waals surface area contributed by atoms with Crippen molar-refractivity contribution in [1.82, 2.24) is 4.98 Å². The molecule has 0 spiro atoms.